The summed E-state index contributed by atoms with van der Waals surface area (Å²) < 4.78 is 0. The van der Waals surface area contributed by atoms with Crippen molar-refractivity contribution >= 4 is 0 Å². The van der Waals surface area contributed by atoms with Crippen LogP contribution in [0.15, 0.2) is 24.3 Å². The number of nitrogens with two attached hydrogens (primary N) is 1. The molecular formula is C13H23N. The second-order valence-electron chi connectivity index (χ2n) is 4.63. The van der Waals surface area contributed by atoms with E-state index in [2.05, 4.69) is 13.2 Å². The van der Waals surface area contributed by atoms with Gasteiger partial charge in [0.1, 0.15) is 0 Å². The highest BCUT2D eigenvalue weighted by Crippen LogP contribution is 2.30. The third-order valence-electron chi connectivity index (χ3n) is 3.26. The Labute approximate surface area is 88.1 Å². The maximum absolute atomic E-state index is 5.78. The van der Waals surface area contributed by atoms with Gasteiger partial charge in [-0.2, -0.15) is 0 Å². The number of rotatable bonds is 4. The lowest BCUT2D eigenvalue weighted by atomic mass is 9.83. The number of hydrogen-bond donors (Lipinski definition) is 1. The van der Waals surface area contributed by atoms with Gasteiger partial charge in [-0.05, 0) is 24.8 Å². The van der Waals surface area contributed by atoms with Crippen LogP contribution in [0.5, 0.6) is 0 Å². The van der Waals surface area contributed by atoms with Gasteiger partial charge >= 0.3 is 0 Å². The molecule has 0 aromatic heterocycles. The standard InChI is InChI=1S/C13H23N/c1-10(11(2)12(3)14)9-13-7-5-4-6-8-13/h12-13H,1-2,4-9,14H2,3H3/t12-/m1/s1. The fourth-order valence-electron chi connectivity index (χ4n) is 2.19. The minimum atomic E-state index is 0.0612. The van der Waals surface area contributed by atoms with Crippen molar-refractivity contribution in [2.24, 2.45) is 11.7 Å². The number of hydrogen-bond acceptors (Lipinski definition) is 1. The van der Waals surface area contributed by atoms with Crippen LogP contribution in [0, 0.1) is 5.92 Å². The molecule has 14 heavy (non-hydrogen) atoms. The van der Waals surface area contributed by atoms with Crippen LogP contribution in [0.4, 0.5) is 0 Å². The summed E-state index contributed by atoms with van der Waals surface area (Å²) in [5.74, 6) is 0.840. The monoisotopic (exact) mass is 193 g/mol. The van der Waals surface area contributed by atoms with E-state index in [0.717, 1.165) is 17.9 Å². The Morgan fingerprint density at radius 3 is 2.36 bits per heavy atom. The molecule has 0 aromatic rings. The van der Waals surface area contributed by atoms with Crippen molar-refractivity contribution < 1.29 is 0 Å². The lowest BCUT2D eigenvalue weighted by molar-refractivity contribution is 0.356. The van der Waals surface area contributed by atoms with E-state index in [1.807, 2.05) is 6.92 Å². The van der Waals surface area contributed by atoms with Gasteiger partial charge in [0.25, 0.3) is 0 Å². The molecule has 1 saturated carbocycles. The van der Waals surface area contributed by atoms with E-state index in [1.165, 1.54) is 37.7 Å². The first-order valence-corrected chi connectivity index (χ1v) is 5.73. The fourth-order valence-corrected chi connectivity index (χ4v) is 2.19. The van der Waals surface area contributed by atoms with Crippen LogP contribution in [0.25, 0.3) is 0 Å². The van der Waals surface area contributed by atoms with E-state index in [9.17, 15) is 0 Å². The van der Waals surface area contributed by atoms with Crippen LogP contribution in [0.2, 0.25) is 0 Å². The molecule has 0 unspecified atom stereocenters. The summed E-state index contributed by atoms with van der Waals surface area (Å²) in [6, 6.07) is 0.0612. The molecule has 0 bridgehead atoms. The summed E-state index contributed by atoms with van der Waals surface area (Å²) in [4.78, 5) is 0. The summed E-state index contributed by atoms with van der Waals surface area (Å²) in [7, 11) is 0. The highest BCUT2D eigenvalue weighted by molar-refractivity contribution is 5.29. The average molecular weight is 193 g/mol. The van der Waals surface area contributed by atoms with Crippen LogP contribution < -0.4 is 5.73 Å². The van der Waals surface area contributed by atoms with Crippen molar-refractivity contribution in [3.05, 3.63) is 24.3 Å². The van der Waals surface area contributed by atoms with E-state index in [1.54, 1.807) is 0 Å². The normalized spacial score (nSPS) is 20.4. The van der Waals surface area contributed by atoms with Gasteiger partial charge in [-0.1, -0.05) is 50.8 Å². The molecule has 1 aliphatic carbocycles. The summed E-state index contributed by atoms with van der Waals surface area (Å²) in [6.07, 6.45) is 8.04. The Kier molecular flexibility index (Phi) is 4.40. The molecule has 0 saturated heterocycles. The van der Waals surface area contributed by atoms with Gasteiger partial charge in [-0.15, -0.1) is 0 Å². The maximum Gasteiger partial charge on any atom is 0.0262 e. The van der Waals surface area contributed by atoms with E-state index < -0.39 is 0 Å². The highest BCUT2D eigenvalue weighted by Gasteiger charge is 2.16. The van der Waals surface area contributed by atoms with Gasteiger partial charge in [0.05, 0.1) is 0 Å². The highest BCUT2D eigenvalue weighted by atomic mass is 14.6. The predicted octanol–water partition coefficient (Wildman–Crippen LogP) is 3.42. The van der Waals surface area contributed by atoms with Gasteiger partial charge in [0.15, 0.2) is 0 Å². The zero-order chi connectivity index (χ0) is 10.6. The lowest BCUT2D eigenvalue weighted by Gasteiger charge is -2.23. The molecule has 0 spiro atoms. The quantitative estimate of drug-likeness (QED) is 0.680. The largest absolute Gasteiger partial charge is 0.324 e. The summed E-state index contributed by atoms with van der Waals surface area (Å²) in [5.41, 5.74) is 7.99. The molecule has 0 aromatic carbocycles. The average Bonchev–Trinajstić information content (AvgIpc) is 2.18. The van der Waals surface area contributed by atoms with E-state index in [-0.39, 0.29) is 6.04 Å². The van der Waals surface area contributed by atoms with Crippen molar-refractivity contribution in [1.29, 1.82) is 0 Å². The molecule has 0 radical (unpaired) electrons. The fraction of sp³-hybridized carbons (Fsp3) is 0.692. The van der Waals surface area contributed by atoms with Crippen LogP contribution in [0.1, 0.15) is 45.4 Å². The van der Waals surface area contributed by atoms with Crippen LogP contribution in [-0.2, 0) is 0 Å². The topological polar surface area (TPSA) is 26.0 Å². The van der Waals surface area contributed by atoms with Gasteiger partial charge in [-0.3, -0.25) is 0 Å². The zero-order valence-corrected chi connectivity index (χ0v) is 9.39. The van der Waals surface area contributed by atoms with Gasteiger partial charge in [0, 0.05) is 6.04 Å². The third kappa shape index (κ3) is 3.30. The first kappa shape index (κ1) is 11.5. The Hall–Kier alpha value is -0.560. The Balaban J connectivity index is 2.35. The molecular weight excluding hydrogens is 170 g/mol. The predicted molar refractivity (Wildman–Crippen MR) is 63.1 cm³/mol. The molecule has 80 valence electrons. The first-order chi connectivity index (χ1) is 6.61. The Morgan fingerprint density at radius 2 is 1.86 bits per heavy atom. The SMILES string of the molecule is C=C(CC1CCCCC1)C(=C)[C@@H](C)N. The Bertz CT molecular complexity index is 209. The zero-order valence-electron chi connectivity index (χ0n) is 9.39. The van der Waals surface area contributed by atoms with Gasteiger partial charge < -0.3 is 5.73 Å². The molecule has 0 heterocycles. The van der Waals surface area contributed by atoms with Crippen molar-refractivity contribution in [3.63, 3.8) is 0 Å². The first-order valence-electron chi connectivity index (χ1n) is 5.73. The molecule has 0 amide bonds. The summed E-state index contributed by atoms with van der Waals surface area (Å²) >= 11 is 0. The van der Waals surface area contributed by atoms with Gasteiger partial charge in [-0.25, -0.2) is 0 Å². The molecule has 1 aliphatic rings. The van der Waals surface area contributed by atoms with Crippen LogP contribution >= 0.6 is 0 Å². The maximum atomic E-state index is 5.78. The second kappa shape index (κ2) is 5.35. The van der Waals surface area contributed by atoms with Crippen LogP contribution in [-0.4, -0.2) is 6.04 Å². The molecule has 1 fully saturated rings. The van der Waals surface area contributed by atoms with E-state index in [0.29, 0.717) is 0 Å². The van der Waals surface area contributed by atoms with Crippen molar-refractivity contribution in [2.45, 2.75) is 51.5 Å². The summed E-state index contributed by atoms with van der Waals surface area (Å²) in [6.45, 7) is 10.1. The summed E-state index contributed by atoms with van der Waals surface area (Å²) in [5, 5.41) is 0. The molecule has 1 heteroatoms. The Morgan fingerprint density at radius 1 is 1.29 bits per heavy atom. The van der Waals surface area contributed by atoms with Crippen molar-refractivity contribution in [2.75, 3.05) is 0 Å². The van der Waals surface area contributed by atoms with Crippen molar-refractivity contribution in [3.8, 4) is 0 Å². The molecule has 1 rings (SSSR count). The lowest BCUT2D eigenvalue weighted by Crippen LogP contribution is -2.19. The van der Waals surface area contributed by atoms with E-state index in [4.69, 9.17) is 5.73 Å². The molecule has 1 atom stereocenters. The third-order valence-corrected chi connectivity index (χ3v) is 3.26. The minimum Gasteiger partial charge on any atom is -0.324 e. The minimum absolute atomic E-state index is 0.0612. The van der Waals surface area contributed by atoms with Gasteiger partial charge in [0.2, 0.25) is 0 Å². The molecule has 2 N–H and O–H groups in total. The second-order valence-corrected chi connectivity index (χ2v) is 4.63. The smallest absolute Gasteiger partial charge is 0.0262 e. The molecule has 0 aliphatic heterocycles. The van der Waals surface area contributed by atoms with E-state index >= 15 is 0 Å². The van der Waals surface area contributed by atoms with Crippen molar-refractivity contribution in [1.82, 2.24) is 0 Å². The van der Waals surface area contributed by atoms with Crippen LogP contribution in [0.3, 0.4) is 0 Å². The molecule has 1 nitrogen and oxygen atoms in total.